The Morgan fingerprint density at radius 2 is 1.67 bits per heavy atom. The number of imide groups is 1. The molecule has 6 rings (SSSR count). The fourth-order valence-electron chi connectivity index (χ4n) is 5.50. The zero-order valence-electron chi connectivity index (χ0n) is 15.6. The summed E-state index contributed by atoms with van der Waals surface area (Å²) in [7, 11) is 0. The highest BCUT2D eigenvalue weighted by Gasteiger charge is 2.66. The van der Waals surface area contributed by atoms with Crippen molar-refractivity contribution in [3.63, 3.8) is 0 Å². The molecule has 1 aliphatic heterocycles. The van der Waals surface area contributed by atoms with Gasteiger partial charge in [-0.1, -0.05) is 18.2 Å². The molecule has 27 heavy (non-hydrogen) atoms. The van der Waals surface area contributed by atoms with Crippen molar-refractivity contribution in [1.82, 2.24) is 4.90 Å². The summed E-state index contributed by atoms with van der Waals surface area (Å²) in [5.41, 5.74) is 3.03. The zero-order valence-corrected chi connectivity index (χ0v) is 15.6. The summed E-state index contributed by atoms with van der Waals surface area (Å²) in [6, 6.07) is 5.78. The molecule has 1 aromatic carbocycles. The fourth-order valence-corrected chi connectivity index (χ4v) is 5.50. The SMILES string of the molecule is Cc1ccc(NC(=O)CCN2C(=O)[C@@H]3[C@H]4C=C[C@@H]([C@@H]5C[C@@H]45)[C@@H]3C2=O)cc1C. The van der Waals surface area contributed by atoms with E-state index in [1.54, 1.807) is 0 Å². The smallest absolute Gasteiger partial charge is 0.233 e. The van der Waals surface area contributed by atoms with Gasteiger partial charge >= 0.3 is 0 Å². The number of hydrogen-bond acceptors (Lipinski definition) is 3. The molecule has 5 heteroatoms. The van der Waals surface area contributed by atoms with Crippen molar-refractivity contribution in [3.05, 3.63) is 41.5 Å². The van der Waals surface area contributed by atoms with Crippen LogP contribution in [0.15, 0.2) is 30.4 Å². The molecular weight excluding hydrogens is 340 g/mol. The van der Waals surface area contributed by atoms with Crippen molar-refractivity contribution < 1.29 is 14.4 Å². The summed E-state index contributed by atoms with van der Waals surface area (Å²) in [6.07, 6.45) is 5.63. The summed E-state index contributed by atoms with van der Waals surface area (Å²) in [5, 5.41) is 2.87. The van der Waals surface area contributed by atoms with Crippen LogP contribution in [0.5, 0.6) is 0 Å². The third-order valence-electron chi connectivity index (χ3n) is 7.11. The highest BCUT2D eigenvalue weighted by atomic mass is 16.2. The molecule has 0 radical (unpaired) electrons. The van der Waals surface area contributed by atoms with Gasteiger partial charge in [-0.05, 0) is 67.2 Å². The Hall–Kier alpha value is -2.43. The lowest BCUT2D eigenvalue weighted by Gasteiger charge is -2.37. The highest BCUT2D eigenvalue weighted by Crippen LogP contribution is 2.65. The average molecular weight is 364 g/mol. The third kappa shape index (κ3) is 2.47. The standard InChI is InChI=1S/C22H24N2O3/c1-11-3-4-13(9-12(11)2)23-18(25)7-8-24-21(26)19-14-5-6-15(17-10-16(14)17)20(19)22(24)27/h3-6,9,14-17,19-20H,7-8,10H2,1-2H3,(H,23,25)/t14-,15-,16-,17-,19-,20+/m0/s1. The molecule has 0 spiro atoms. The molecular formula is C22H24N2O3. The van der Waals surface area contributed by atoms with Gasteiger partial charge in [0.1, 0.15) is 0 Å². The molecule has 4 aliphatic carbocycles. The van der Waals surface area contributed by atoms with Crippen LogP contribution in [0.3, 0.4) is 0 Å². The van der Waals surface area contributed by atoms with Crippen LogP contribution in [0.25, 0.3) is 0 Å². The Kier molecular flexibility index (Phi) is 3.58. The third-order valence-corrected chi connectivity index (χ3v) is 7.11. The first kappa shape index (κ1) is 16.7. The Morgan fingerprint density at radius 3 is 2.26 bits per heavy atom. The van der Waals surface area contributed by atoms with E-state index in [0.29, 0.717) is 11.8 Å². The number of nitrogens with one attached hydrogen (secondary N) is 1. The predicted octanol–water partition coefficient (Wildman–Crippen LogP) is 2.69. The molecule has 1 aromatic rings. The van der Waals surface area contributed by atoms with E-state index in [0.717, 1.165) is 17.7 Å². The summed E-state index contributed by atoms with van der Waals surface area (Å²) < 4.78 is 0. The maximum Gasteiger partial charge on any atom is 0.233 e. The molecule has 0 unspecified atom stereocenters. The van der Waals surface area contributed by atoms with E-state index in [9.17, 15) is 14.4 Å². The first-order valence-corrected chi connectivity index (χ1v) is 9.86. The highest BCUT2D eigenvalue weighted by molar-refractivity contribution is 6.06. The second kappa shape index (κ2) is 5.78. The number of aryl methyl sites for hydroxylation is 2. The molecule has 3 fully saturated rings. The first-order chi connectivity index (χ1) is 13.0. The van der Waals surface area contributed by atoms with E-state index in [1.165, 1.54) is 10.5 Å². The molecule has 2 saturated carbocycles. The quantitative estimate of drug-likeness (QED) is 0.660. The van der Waals surface area contributed by atoms with Gasteiger partial charge < -0.3 is 5.32 Å². The van der Waals surface area contributed by atoms with Crippen molar-refractivity contribution >= 4 is 23.4 Å². The van der Waals surface area contributed by atoms with Gasteiger partial charge in [0, 0.05) is 18.7 Å². The number of rotatable bonds is 4. The van der Waals surface area contributed by atoms with E-state index in [-0.39, 0.29) is 54.4 Å². The van der Waals surface area contributed by atoms with Gasteiger partial charge in [-0.15, -0.1) is 0 Å². The van der Waals surface area contributed by atoms with Crippen molar-refractivity contribution in [2.75, 3.05) is 11.9 Å². The molecule has 1 saturated heterocycles. The molecule has 140 valence electrons. The average Bonchev–Trinajstić information content (AvgIpc) is 3.42. The predicted molar refractivity (Wildman–Crippen MR) is 101 cm³/mol. The van der Waals surface area contributed by atoms with Crippen LogP contribution >= 0.6 is 0 Å². The zero-order chi connectivity index (χ0) is 18.9. The van der Waals surface area contributed by atoms with E-state index >= 15 is 0 Å². The normalized spacial score (nSPS) is 35.3. The minimum atomic E-state index is -0.181. The van der Waals surface area contributed by atoms with Crippen molar-refractivity contribution in [2.45, 2.75) is 26.7 Å². The second-order valence-corrected chi connectivity index (χ2v) is 8.58. The van der Waals surface area contributed by atoms with Crippen LogP contribution in [0.2, 0.25) is 0 Å². The van der Waals surface area contributed by atoms with Crippen LogP contribution in [-0.2, 0) is 14.4 Å². The van der Waals surface area contributed by atoms with Crippen LogP contribution in [0.4, 0.5) is 5.69 Å². The number of likely N-dealkylation sites (tertiary alicyclic amines) is 1. The van der Waals surface area contributed by atoms with Crippen molar-refractivity contribution in [3.8, 4) is 0 Å². The number of benzene rings is 1. The summed E-state index contributed by atoms with van der Waals surface area (Å²) in [6.45, 7) is 4.20. The molecule has 0 aromatic heterocycles. The number of allylic oxidation sites excluding steroid dienone is 2. The van der Waals surface area contributed by atoms with Crippen LogP contribution in [-0.4, -0.2) is 29.2 Å². The molecule has 1 N–H and O–H groups in total. The number of hydrogen-bond donors (Lipinski definition) is 1. The van der Waals surface area contributed by atoms with Gasteiger partial charge in [-0.25, -0.2) is 0 Å². The maximum atomic E-state index is 12.9. The minimum Gasteiger partial charge on any atom is -0.326 e. The van der Waals surface area contributed by atoms with E-state index in [2.05, 4.69) is 17.5 Å². The summed E-state index contributed by atoms with van der Waals surface area (Å²) >= 11 is 0. The summed E-state index contributed by atoms with van der Waals surface area (Å²) in [4.78, 5) is 39.5. The Balaban J connectivity index is 1.24. The number of amides is 3. The second-order valence-electron chi connectivity index (χ2n) is 8.58. The van der Waals surface area contributed by atoms with Crippen molar-refractivity contribution in [1.29, 1.82) is 0 Å². The van der Waals surface area contributed by atoms with Crippen molar-refractivity contribution in [2.24, 2.45) is 35.5 Å². The lowest BCUT2D eigenvalue weighted by molar-refractivity contribution is -0.140. The van der Waals surface area contributed by atoms with Gasteiger partial charge in [-0.2, -0.15) is 0 Å². The Labute approximate surface area is 158 Å². The number of nitrogens with zero attached hydrogens (tertiary/aromatic N) is 1. The topological polar surface area (TPSA) is 66.5 Å². The molecule has 1 heterocycles. The van der Waals surface area contributed by atoms with Gasteiger partial charge in [0.05, 0.1) is 11.8 Å². The fraction of sp³-hybridized carbons (Fsp3) is 0.500. The Morgan fingerprint density at radius 1 is 1.04 bits per heavy atom. The lowest BCUT2D eigenvalue weighted by Crippen LogP contribution is -2.40. The van der Waals surface area contributed by atoms with Gasteiger partial charge in [0.25, 0.3) is 0 Å². The van der Waals surface area contributed by atoms with Gasteiger partial charge in [0.2, 0.25) is 17.7 Å². The Bertz CT molecular complexity index is 854. The molecule has 2 bridgehead atoms. The van der Waals surface area contributed by atoms with Crippen LogP contribution < -0.4 is 5.32 Å². The number of carbonyl (C=O) groups is 3. The van der Waals surface area contributed by atoms with E-state index in [4.69, 9.17) is 0 Å². The minimum absolute atomic E-state index is 0.0614. The number of carbonyl (C=O) groups excluding carboxylic acids is 3. The molecule has 5 aliphatic rings. The maximum absolute atomic E-state index is 12.9. The van der Waals surface area contributed by atoms with Crippen LogP contribution in [0.1, 0.15) is 24.0 Å². The van der Waals surface area contributed by atoms with Gasteiger partial charge in [0.15, 0.2) is 0 Å². The lowest BCUT2D eigenvalue weighted by atomic mass is 9.63. The largest absolute Gasteiger partial charge is 0.326 e. The summed E-state index contributed by atoms with van der Waals surface area (Å²) in [5.74, 6) is 1.02. The van der Waals surface area contributed by atoms with Gasteiger partial charge in [-0.3, -0.25) is 19.3 Å². The monoisotopic (exact) mass is 364 g/mol. The van der Waals surface area contributed by atoms with Crippen LogP contribution in [0, 0.1) is 49.4 Å². The number of anilines is 1. The van der Waals surface area contributed by atoms with E-state index in [1.807, 2.05) is 32.0 Å². The molecule has 6 atom stereocenters. The first-order valence-electron chi connectivity index (χ1n) is 9.86. The van der Waals surface area contributed by atoms with E-state index < -0.39 is 0 Å². The molecule has 3 amide bonds. The molecule has 5 nitrogen and oxygen atoms in total.